The van der Waals surface area contributed by atoms with Crippen LogP contribution >= 0.6 is 0 Å². The van der Waals surface area contributed by atoms with Crippen molar-refractivity contribution in [3.05, 3.63) is 76.6 Å². The van der Waals surface area contributed by atoms with Gasteiger partial charge in [0.2, 0.25) is 5.91 Å². The molecule has 39 heavy (non-hydrogen) atoms. The van der Waals surface area contributed by atoms with Gasteiger partial charge < -0.3 is 9.80 Å². The summed E-state index contributed by atoms with van der Waals surface area (Å²) in [6.07, 6.45) is 4.76. The Kier molecular flexibility index (Phi) is 6.89. The second kappa shape index (κ2) is 10.6. The van der Waals surface area contributed by atoms with Gasteiger partial charge >= 0.3 is 0 Å². The lowest BCUT2D eigenvalue weighted by molar-refractivity contribution is -0.135. The van der Waals surface area contributed by atoms with Crippen LogP contribution in [0.1, 0.15) is 75.7 Å². The van der Waals surface area contributed by atoms with Crippen LogP contribution in [0.3, 0.4) is 0 Å². The van der Waals surface area contributed by atoms with Crippen molar-refractivity contribution in [3.8, 4) is 0 Å². The summed E-state index contributed by atoms with van der Waals surface area (Å²) in [7, 11) is 0. The molecule has 6 rings (SSSR count). The van der Waals surface area contributed by atoms with E-state index in [2.05, 4.69) is 44.4 Å². The molecule has 2 fully saturated rings. The lowest BCUT2D eigenvalue weighted by atomic mass is 9.92. The molecule has 1 aromatic heterocycles. The zero-order chi connectivity index (χ0) is 26.9. The zero-order valence-corrected chi connectivity index (χ0v) is 22.2. The predicted octanol–water partition coefficient (Wildman–Crippen LogP) is 4.19. The number of nitrogens with zero attached hydrogens (tertiary/aromatic N) is 5. The standard InChI is InChI=1S/C30H33N5O4/c1-20-25(32-39-31-20)19-35-29(37)24-12-5-13-26(27(24)30(35)38)34-16-7-11-23(18-34)28(36)33-15-6-10-22(14-17-33)21-8-3-2-4-9-21/h2-5,8-9,12-13,22-23H,6-7,10-11,14-19H2,1H3/t22-,23-/m0/s1. The summed E-state index contributed by atoms with van der Waals surface area (Å²) in [5, 5.41) is 7.60. The Morgan fingerprint density at radius 3 is 2.54 bits per heavy atom. The van der Waals surface area contributed by atoms with Gasteiger partial charge in [-0.1, -0.05) is 46.7 Å². The van der Waals surface area contributed by atoms with Crippen molar-refractivity contribution in [1.29, 1.82) is 0 Å². The molecule has 0 N–H and O–H groups in total. The van der Waals surface area contributed by atoms with Crippen molar-refractivity contribution in [2.45, 2.75) is 51.5 Å². The molecule has 2 aromatic carbocycles. The molecule has 3 aromatic rings. The molecule has 9 nitrogen and oxygen atoms in total. The van der Waals surface area contributed by atoms with Gasteiger partial charge in [0.1, 0.15) is 11.4 Å². The Bertz CT molecular complexity index is 1390. The third-order valence-corrected chi connectivity index (χ3v) is 8.45. The second-order valence-corrected chi connectivity index (χ2v) is 10.8. The highest BCUT2D eigenvalue weighted by Crippen LogP contribution is 2.35. The van der Waals surface area contributed by atoms with Crippen LogP contribution in [0.2, 0.25) is 0 Å². The average molecular weight is 528 g/mol. The normalized spacial score (nSPS) is 21.7. The van der Waals surface area contributed by atoms with E-state index in [4.69, 9.17) is 4.63 Å². The fourth-order valence-corrected chi connectivity index (χ4v) is 6.30. The summed E-state index contributed by atoms with van der Waals surface area (Å²) in [6, 6.07) is 16.0. The fourth-order valence-electron chi connectivity index (χ4n) is 6.30. The van der Waals surface area contributed by atoms with Crippen LogP contribution in [0.15, 0.2) is 53.2 Å². The van der Waals surface area contributed by atoms with Gasteiger partial charge in [0.25, 0.3) is 11.8 Å². The largest absolute Gasteiger partial charge is 0.370 e. The minimum Gasteiger partial charge on any atom is -0.370 e. The van der Waals surface area contributed by atoms with Crippen LogP contribution in [-0.2, 0) is 11.3 Å². The first kappa shape index (κ1) is 25.3. The fraction of sp³-hybridized carbons (Fsp3) is 0.433. The van der Waals surface area contributed by atoms with Crippen LogP contribution in [0.4, 0.5) is 5.69 Å². The van der Waals surface area contributed by atoms with Crippen molar-refractivity contribution in [2.24, 2.45) is 5.92 Å². The minimum atomic E-state index is -0.346. The smallest absolute Gasteiger partial charge is 0.264 e. The molecule has 0 unspecified atom stereocenters. The van der Waals surface area contributed by atoms with Crippen LogP contribution in [0.25, 0.3) is 0 Å². The lowest BCUT2D eigenvalue weighted by Crippen LogP contribution is -2.45. The number of aryl methyl sites for hydroxylation is 1. The van der Waals surface area contributed by atoms with Crippen LogP contribution in [0.5, 0.6) is 0 Å². The molecule has 3 aliphatic heterocycles. The molecular weight excluding hydrogens is 494 g/mol. The van der Waals surface area contributed by atoms with Crippen LogP contribution in [-0.4, -0.2) is 64.0 Å². The second-order valence-electron chi connectivity index (χ2n) is 10.8. The number of likely N-dealkylation sites (tertiary alicyclic amines) is 1. The quantitative estimate of drug-likeness (QED) is 0.459. The molecule has 3 amide bonds. The molecule has 2 atom stereocenters. The summed E-state index contributed by atoms with van der Waals surface area (Å²) in [5.74, 6) is -0.126. The van der Waals surface area contributed by atoms with Gasteiger partial charge in [0, 0.05) is 26.2 Å². The van der Waals surface area contributed by atoms with E-state index in [1.807, 2.05) is 18.2 Å². The van der Waals surface area contributed by atoms with Crippen LogP contribution < -0.4 is 4.90 Å². The molecule has 2 saturated heterocycles. The first-order chi connectivity index (χ1) is 19.0. The van der Waals surface area contributed by atoms with Gasteiger partial charge in [-0.05, 0) is 62.6 Å². The van der Waals surface area contributed by atoms with Gasteiger partial charge in [0.15, 0.2) is 0 Å². The topological polar surface area (TPSA) is 99.8 Å². The predicted molar refractivity (Wildman–Crippen MR) is 144 cm³/mol. The number of benzene rings is 2. The summed E-state index contributed by atoms with van der Waals surface area (Å²) in [6.45, 7) is 4.59. The maximum absolute atomic E-state index is 13.7. The van der Waals surface area contributed by atoms with Crippen LogP contribution in [0, 0.1) is 12.8 Å². The van der Waals surface area contributed by atoms with E-state index in [0.29, 0.717) is 35.0 Å². The Hall–Kier alpha value is -4.01. The van der Waals surface area contributed by atoms with Crippen molar-refractivity contribution >= 4 is 23.4 Å². The number of hydrogen-bond acceptors (Lipinski definition) is 7. The Morgan fingerprint density at radius 2 is 1.74 bits per heavy atom. The number of piperidine rings is 1. The number of imide groups is 1. The van der Waals surface area contributed by atoms with E-state index >= 15 is 0 Å². The monoisotopic (exact) mass is 527 g/mol. The average Bonchev–Trinajstić information content (AvgIpc) is 3.36. The first-order valence-corrected chi connectivity index (χ1v) is 13.9. The van der Waals surface area contributed by atoms with Gasteiger partial charge in [0.05, 0.1) is 29.3 Å². The Morgan fingerprint density at radius 1 is 0.923 bits per heavy atom. The highest BCUT2D eigenvalue weighted by Gasteiger charge is 2.40. The van der Waals surface area contributed by atoms with Crippen molar-refractivity contribution in [2.75, 3.05) is 31.1 Å². The third kappa shape index (κ3) is 4.82. The van der Waals surface area contributed by atoms with E-state index in [1.54, 1.807) is 13.0 Å². The molecule has 0 aliphatic carbocycles. The summed E-state index contributed by atoms with van der Waals surface area (Å²) < 4.78 is 4.75. The van der Waals surface area contributed by atoms with Gasteiger partial charge in [-0.3, -0.25) is 19.3 Å². The number of carbonyl (C=O) groups excluding carboxylic acids is 3. The van der Waals surface area contributed by atoms with E-state index in [9.17, 15) is 14.4 Å². The number of amides is 3. The lowest BCUT2D eigenvalue weighted by Gasteiger charge is -2.36. The van der Waals surface area contributed by atoms with E-state index in [1.165, 1.54) is 10.5 Å². The van der Waals surface area contributed by atoms with E-state index in [-0.39, 0.29) is 30.2 Å². The maximum Gasteiger partial charge on any atom is 0.264 e. The number of anilines is 1. The number of aromatic nitrogens is 2. The van der Waals surface area contributed by atoms with Crippen molar-refractivity contribution in [1.82, 2.24) is 20.1 Å². The van der Waals surface area contributed by atoms with E-state index in [0.717, 1.165) is 57.4 Å². The van der Waals surface area contributed by atoms with Gasteiger partial charge in [-0.2, -0.15) is 0 Å². The summed E-state index contributed by atoms with van der Waals surface area (Å²) in [4.78, 5) is 45.7. The molecule has 0 saturated carbocycles. The van der Waals surface area contributed by atoms with Crippen molar-refractivity contribution in [3.63, 3.8) is 0 Å². The minimum absolute atomic E-state index is 0.0150. The molecule has 9 heteroatoms. The molecule has 0 radical (unpaired) electrons. The van der Waals surface area contributed by atoms with Gasteiger partial charge in [-0.15, -0.1) is 0 Å². The zero-order valence-electron chi connectivity index (χ0n) is 22.2. The molecule has 0 spiro atoms. The number of hydrogen-bond donors (Lipinski definition) is 0. The highest BCUT2D eigenvalue weighted by atomic mass is 16.6. The number of rotatable bonds is 5. The van der Waals surface area contributed by atoms with Gasteiger partial charge in [-0.25, -0.2) is 4.63 Å². The van der Waals surface area contributed by atoms with E-state index < -0.39 is 0 Å². The maximum atomic E-state index is 13.7. The Labute approximate surface area is 227 Å². The Balaban J connectivity index is 1.16. The third-order valence-electron chi connectivity index (χ3n) is 8.45. The molecule has 202 valence electrons. The molecule has 3 aliphatic rings. The highest BCUT2D eigenvalue weighted by molar-refractivity contribution is 6.23. The SMILES string of the molecule is Cc1nonc1CN1C(=O)c2cccc(N3CCC[C@H](C(=O)N4CCC[C@H](c5ccccc5)CC4)C3)c2C1=O. The number of fused-ring (bicyclic) bond motifs is 1. The molecule has 0 bridgehead atoms. The molecule has 4 heterocycles. The summed E-state index contributed by atoms with van der Waals surface area (Å²) in [5.41, 5.74) is 3.89. The van der Waals surface area contributed by atoms with Crippen molar-refractivity contribution < 1.29 is 19.0 Å². The molecular formula is C30H33N5O4. The number of carbonyl (C=O) groups is 3. The summed E-state index contributed by atoms with van der Waals surface area (Å²) >= 11 is 0. The first-order valence-electron chi connectivity index (χ1n) is 13.9.